The van der Waals surface area contributed by atoms with E-state index in [1.165, 1.54) is 109 Å². The maximum atomic E-state index is 13.4. The summed E-state index contributed by atoms with van der Waals surface area (Å²) in [5.41, 5.74) is 0. The van der Waals surface area contributed by atoms with Gasteiger partial charge in [0.05, 0.1) is 50.7 Å². The van der Waals surface area contributed by atoms with E-state index in [-0.39, 0.29) is 12.3 Å². The zero-order valence-corrected chi connectivity index (χ0v) is 50.1. The van der Waals surface area contributed by atoms with E-state index in [4.69, 9.17) is 28.4 Å². The first-order chi connectivity index (χ1) is 39.9. The van der Waals surface area contributed by atoms with Crippen LogP contribution in [0.25, 0.3) is 0 Å². The highest BCUT2D eigenvalue weighted by Crippen LogP contribution is 2.38. The number of ether oxygens (including phenoxy) is 6. The smallest absolute Gasteiger partial charge is 0.364 e. The fraction of sp³-hybridized carbons (Fsp3) is 0.917. The molecular weight excluding hydrogens is 1080 g/mol. The van der Waals surface area contributed by atoms with Crippen LogP contribution in [0.4, 0.5) is 0 Å². The van der Waals surface area contributed by atoms with Crippen LogP contribution in [0.15, 0.2) is 12.2 Å². The Morgan fingerprint density at radius 1 is 0.627 bits per heavy atom. The zero-order chi connectivity index (χ0) is 61.2. The molecule has 0 bridgehead atoms. The highest BCUT2D eigenvalue weighted by Gasteiger charge is 2.60. The second-order valence-corrected chi connectivity index (χ2v) is 23.3. The van der Waals surface area contributed by atoms with Gasteiger partial charge in [-0.25, -0.2) is 4.79 Å². The summed E-state index contributed by atoms with van der Waals surface area (Å²) in [6.07, 6.45) is 7.30. The SMILES string of the molecule is CCCCCCCCC/C=C/C(O)C(COC1OC(CO)C(OC2OC(CO)C(O)C(OC3(C(=O)O)CC(O)C(NC(C)=O)C(C(O)C(O)CO)O3)C2O)C(O)C1O)NC(=O)CCCCCCCCCCCCCCCCCCCCCC. The lowest BCUT2D eigenvalue weighted by molar-refractivity contribution is -0.386. The number of allylic oxidation sites excluding steroid dienone is 1. The van der Waals surface area contributed by atoms with Crippen molar-refractivity contribution in [1.29, 1.82) is 0 Å². The summed E-state index contributed by atoms with van der Waals surface area (Å²) in [5.74, 6) is -6.14. The molecule has 0 radical (unpaired) electrons. The number of carboxylic acid groups (broad SMARTS) is 1. The van der Waals surface area contributed by atoms with E-state index in [0.717, 1.165) is 64.7 Å². The lowest BCUT2D eigenvalue weighted by Gasteiger charge is -2.50. The molecular formula is C60H110N2O21. The van der Waals surface area contributed by atoms with Crippen molar-refractivity contribution in [3.8, 4) is 0 Å². The molecule has 23 nitrogen and oxygen atoms in total. The van der Waals surface area contributed by atoms with Crippen LogP contribution in [-0.2, 0) is 42.8 Å². The summed E-state index contributed by atoms with van der Waals surface area (Å²) in [7, 11) is 0. The lowest BCUT2D eigenvalue weighted by atomic mass is 9.88. The average molecular weight is 1200 g/mol. The number of carbonyl (C=O) groups is 3. The van der Waals surface area contributed by atoms with Gasteiger partial charge in [0.15, 0.2) is 12.6 Å². The van der Waals surface area contributed by atoms with Gasteiger partial charge in [-0.1, -0.05) is 187 Å². The van der Waals surface area contributed by atoms with E-state index in [9.17, 15) is 75.7 Å². The van der Waals surface area contributed by atoms with Crippen molar-refractivity contribution >= 4 is 17.8 Å². The summed E-state index contributed by atoms with van der Waals surface area (Å²) in [6, 6.07) is -2.61. The number of aliphatic hydroxyl groups excluding tert-OH is 11. The molecule has 3 aliphatic rings. The molecule has 0 aliphatic carbocycles. The number of aliphatic carboxylic acids is 1. The van der Waals surface area contributed by atoms with E-state index in [2.05, 4.69) is 24.5 Å². The average Bonchev–Trinajstić information content (AvgIpc) is 2.01. The Bertz CT molecular complexity index is 1750. The summed E-state index contributed by atoms with van der Waals surface area (Å²) in [4.78, 5) is 38.4. The van der Waals surface area contributed by atoms with Crippen molar-refractivity contribution in [2.75, 3.05) is 26.4 Å². The van der Waals surface area contributed by atoms with Crippen molar-refractivity contribution in [2.24, 2.45) is 0 Å². The molecule has 486 valence electrons. The number of carbonyl (C=O) groups excluding carboxylic acids is 2. The first kappa shape index (κ1) is 74.7. The predicted molar refractivity (Wildman–Crippen MR) is 306 cm³/mol. The quantitative estimate of drug-likeness (QED) is 0.0306. The van der Waals surface area contributed by atoms with Gasteiger partial charge in [-0.15, -0.1) is 0 Å². The number of unbranched alkanes of at least 4 members (excludes halogenated alkanes) is 26. The molecule has 14 N–H and O–H groups in total. The van der Waals surface area contributed by atoms with Gasteiger partial charge in [-0.05, 0) is 19.3 Å². The fourth-order valence-electron chi connectivity index (χ4n) is 11.1. The van der Waals surface area contributed by atoms with E-state index in [1.807, 2.05) is 6.08 Å². The molecule has 23 heteroatoms. The molecule has 0 spiro atoms. The highest BCUT2D eigenvalue weighted by molar-refractivity contribution is 5.77. The summed E-state index contributed by atoms with van der Waals surface area (Å²) < 4.78 is 34.6. The van der Waals surface area contributed by atoms with Crippen LogP contribution in [0.3, 0.4) is 0 Å². The van der Waals surface area contributed by atoms with Gasteiger partial charge in [-0.3, -0.25) is 9.59 Å². The second kappa shape index (κ2) is 42.4. The number of carboxylic acids is 1. The van der Waals surface area contributed by atoms with Crippen molar-refractivity contribution < 1.29 is 104 Å². The van der Waals surface area contributed by atoms with Gasteiger partial charge in [0, 0.05) is 19.8 Å². The normalized spacial score (nSPS) is 30.0. The second-order valence-electron chi connectivity index (χ2n) is 23.3. The Kier molecular flexibility index (Phi) is 38.1. The minimum atomic E-state index is -3.08. The molecule has 0 aromatic heterocycles. The summed E-state index contributed by atoms with van der Waals surface area (Å²) >= 11 is 0. The topological polar surface area (TPSA) is 373 Å². The van der Waals surface area contributed by atoms with Gasteiger partial charge in [-0.2, -0.15) is 0 Å². The Morgan fingerprint density at radius 2 is 1.12 bits per heavy atom. The standard InChI is InChI=1S/C60H110N2O21/c1-4-6-8-10-12-14-15-16-17-18-19-20-21-22-23-24-26-28-30-32-34-47(70)62-41(42(67)33-31-29-27-25-13-11-9-7-5-2)39-78-57-52(74)51(73)54(46(38-65)80-57)81-58-53(75)56(50(72)45(37-64)79-58)83-60(59(76)77)35-43(68)48(61-40(3)66)55(82-60)49(71)44(69)36-63/h31,33,41-46,48-58,63-65,67-69,71-75H,4-30,32,34-39H2,1-3H3,(H,61,66)(H,62,70)(H,76,77)/b33-31+. The molecule has 3 fully saturated rings. The van der Waals surface area contributed by atoms with Crippen molar-refractivity contribution in [1.82, 2.24) is 10.6 Å². The van der Waals surface area contributed by atoms with Gasteiger partial charge in [0.1, 0.15) is 67.1 Å². The van der Waals surface area contributed by atoms with E-state index in [0.29, 0.717) is 12.8 Å². The first-order valence-electron chi connectivity index (χ1n) is 31.6. The molecule has 3 saturated heterocycles. The fourth-order valence-corrected chi connectivity index (χ4v) is 11.1. The molecule has 18 atom stereocenters. The minimum absolute atomic E-state index is 0.204. The summed E-state index contributed by atoms with van der Waals surface area (Å²) in [6.45, 7) is 2.08. The number of hydrogen-bond donors (Lipinski definition) is 14. The third-order valence-electron chi connectivity index (χ3n) is 16.2. The van der Waals surface area contributed by atoms with Crippen molar-refractivity contribution in [3.05, 3.63) is 12.2 Å². The molecule has 3 heterocycles. The number of rotatable bonds is 46. The van der Waals surface area contributed by atoms with Gasteiger partial charge in [0.2, 0.25) is 11.8 Å². The van der Waals surface area contributed by atoms with Crippen LogP contribution >= 0.6 is 0 Å². The Balaban J connectivity index is 1.60. The van der Waals surface area contributed by atoms with Crippen LogP contribution in [0, 0.1) is 0 Å². The van der Waals surface area contributed by atoms with E-state index < -0.39 is 155 Å². The zero-order valence-electron chi connectivity index (χ0n) is 50.1. The highest BCUT2D eigenvalue weighted by atomic mass is 16.8. The van der Waals surface area contributed by atoms with Crippen LogP contribution in [0.5, 0.6) is 0 Å². The Hall–Kier alpha value is -2.53. The third-order valence-corrected chi connectivity index (χ3v) is 16.2. The minimum Gasteiger partial charge on any atom is -0.477 e. The molecule has 3 aliphatic heterocycles. The lowest BCUT2D eigenvalue weighted by Crippen LogP contribution is -2.70. The van der Waals surface area contributed by atoms with Crippen molar-refractivity contribution in [3.63, 3.8) is 0 Å². The first-order valence-corrected chi connectivity index (χ1v) is 31.6. The molecule has 3 rings (SSSR count). The van der Waals surface area contributed by atoms with Gasteiger partial charge in [0.25, 0.3) is 5.79 Å². The molecule has 0 aromatic carbocycles. The number of hydrogen-bond acceptors (Lipinski definition) is 20. The van der Waals surface area contributed by atoms with Crippen LogP contribution in [0.1, 0.15) is 213 Å². The van der Waals surface area contributed by atoms with Crippen LogP contribution in [0.2, 0.25) is 0 Å². The Labute approximate surface area is 492 Å². The molecule has 18 unspecified atom stereocenters. The van der Waals surface area contributed by atoms with Gasteiger partial charge < -0.3 is 100 Å². The maximum Gasteiger partial charge on any atom is 0.364 e. The number of nitrogens with one attached hydrogen (secondary N) is 2. The van der Waals surface area contributed by atoms with Gasteiger partial charge >= 0.3 is 5.97 Å². The molecule has 83 heavy (non-hydrogen) atoms. The molecule has 2 amide bonds. The Morgan fingerprint density at radius 3 is 1.60 bits per heavy atom. The van der Waals surface area contributed by atoms with Crippen molar-refractivity contribution in [2.45, 2.75) is 323 Å². The summed E-state index contributed by atoms with van der Waals surface area (Å²) in [5, 5.41) is 135. The van der Waals surface area contributed by atoms with E-state index in [1.54, 1.807) is 6.08 Å². The number of amides is 2. The van der Waals surface area contributed by atoms with E-state index >= 15 is 0 Å². The molecule has 0 aromatic rings. The van der Waals surface area contributed by atoms with Crippen LogP contribution < -0.4 is 10.6 Å². The monoisotopic (exact) mass is 1190 g/mol. The number of aliphatic hydroxyl groups is 11. The maximum absolute atomic E-state index is 13.4. The predicted octanol–water partition coefficient (Wildman–Crippen LogP) is 3.56. The third kappa shape index (κ3) is 26.4. The molecule has 0 saturated carbocycles. The largest absolute Gasteiger partial charge is 0.477 e. The van der Waals surface area contributed by atoms with Crippen LogP contribution in [-0.4, -0.2) is 215 Å².